The minimum absolute atomic E-state index is 0.845. The van der Waals surface area contributed by atoms with E-state index in [1.807, 2.05) is 0 Å². The Bertz CT molecular complexity index is 322. The number of phenolic OH excluding ortho intramolecular Hbond substituents is 1. The third-order valence-corrected chi connectivity index (χ3v) is 1.40. The van der Waals surface area contributed by atoms with Gasteiger partial charge in [0.15, 0.2) is 11.5 Å². The van der Waals surface area contributed by atoms with E-state index in [0.29, 0.717) is 0 Å². The van der Waals surface area contributed by atoms with Crippen molar-refractivity contribution in [1.82, 2.24) is 0 Å². The number of aromatic hydroxyl groups is 1. The Morgan fingerprint density at radius 2 is 1.31 bits per heavy atom. The quantitative estimate of drug-likeness (QED) is 0.549. The predicted octanol–water partition coefficient (Wildman–Crippen LogP) is 1.96. The summed E-state index contributed by atoms with van der Waals surface area (Å²) in [5, 5.41) is 8.50. The minimum atomic E-state index is -1.88. The average molecular weight is 196 g/mol. The van der Waals surface area contributed by atoms with Gasteiger partial charge in [-0.3, -0.25) is 0 Å². The van der Waals surface area contributed by atoms with Crippen molar-refractivity contribution in [3.63, 3.8) is 0 Å². The average Bonchev–Trinajstić information content (AvgIpc) is 2.13. The van der Waals surface area contributed by atoms with Crippen LogP contribution >= 0.6 is 0 Å². The molecule has 0 saturated carbocycles. The van der Waals surface area contributed by atoms with Crippen LogP contribution in [0.4, 0.5) is 17.6 Å². The van der Waals surface area contributed by atoms with Crippen molar-refractivity contribution in [1.29, 1.82) is 0 Å². The van der Waals surface area contributed by atoms with E-state index in [4.69, 9.17) is 5.11 Å². The zero-order valence-electron chi connectivity index (χ0n) is 6.37. The maximum atomic E-state index is 12.6. The second-order valence-corrected chi connectivity index (χ2v) is 2.14. The standard InChI is InChI=1S/C7H4F4O2/c1-13-7-4(10)2(8)6(12)3(9)5(7)11/h12H,1H3. The molecular weight excluding hydrogens is 192 g/mol. The fourth-order valence-corrected chi connectivity index (χ4v) is 0.779. The van der Waals surface area contributed by atoms with Crippen molar-refractivity contribution < 1.29 is 27.4 Å². The fourth-order valence-electron chi connectivity index (χ4n) is 0.779. The van der Waals surface area contributed by atoms with Gasteiger partial charge in [0.1, 0.15) is 0 Å². The molecule has 0 aromatic heterocycles. The highest BCUT2D eigenvalue weighted by Crippen LogP contribution is 2.33. The Hall–Kier alpha value is -1.46. The topological polar surface area (TPSA) is 29.5 Å². The van der Waals surface area contributed by atoms with Gasteiger partial charge in [0, 0.05) is 0 Å². The smallest absolute Gasteiger partial charge is 0.207 e. The Kier molecular flexibility index (Phi) is 2.31. The van der Waals surface area contributed by atoms with Gasteiger partial charge in [0.05, 0.1) is 7.11 Å². The maximum Gasteiger partial charge on any atom is 0.207 e. The predicted molar refractivity (Wildman–Crippen MR) is 34.5 cm³/mol. The second-order valence-electron chi connectivity index (χ2n) is 2.14. The summed E-state index contributed by atoms with van der Waals surface area (Å²) in [6.45, 7) is 0. The van der Waals surface area contributed by atoms with Gasteiger partial charge in [-0.2, -0.15) is 17.6 Å². The first-order valence-electron chi connectivity index (χ1n) is 3.09. The normalized spacial score (nSPS) is 10.2. The van der Waals surface area contributed by atoms with Crippen LogP contribution in [0.3, 0.4) is 0 Å². The summed E-state index contributed by atoms with van der Waals surface area (Å²) in [6, 6.07) is 0. The summed E-state index contributed by atoms with van der Waals surface area (Å²) in [5.74, 6) is -10.2. The molecule has 0 atom stereocenters. The fraction of sp³-hybridized carbons (Fsp3) is 0.143. The molecule has 1 aromatic rings. The molecule has 0 fully saturated rings. The van der Waals surface area contributed by atoms with Crippen molar-refractivity contribution >= 4 is 0 Å². The van der Waals surface area contributed by atoms with Crippen molar-refractivity contribution in [2.75, 3.05) is 7.11 Å². The molecule has 13 heavy (non-hydrogen) atoms. The molecule has 0 radical (unpaired) electrons. The molecule has 6 heteroatoms. The van der Waals surface area contributed by atoms with Gasteiger partial charge in [0.25, 0.3) is 0 Å². The highest BCUT2D eigenvalue weighted by atomic mass is 19.2. The molecule has 1 N–H and O–H groups in total. The Labute approximate surface area is 70.4 Å². The highest BCUT2D eigenvalue weighted by molar-refractivity contribution is 5.37. The molecule has 0 aliphatic rings. The summed E-state index contributed by atoms with van der Waals surface area (Å²) < 4.78 is 54.3. The zero-order valence-corrected chi connectivity index (χ0v) is 6.37. The molecule has 0 saturated heterocycles. The maximum absolute atomic E-state index is 12.6. The van der Waals surface area contributed by atoms with Crippen LogP contribution in [0.15, 0.2) is 0 Å². The van der Waals surface area contributed by atoms with Crippen LogP contribution in [0.25, 0.3) is 0 Å². The van der Waals surface area contributed by atoms with Gasteiger partial charge in [-0.05, 0) is 0 Å². The molecule has 0 spiro atoms. The molecule has 2 nitrogen and oxygen atoms in total. The SMILES string of the molecule is COc1c(F)c(F)c(O)c(F)c1F. The number of hydrogen-bond acceptors (Lipinski definition) is 2. The highest BCUT2D eigenvalue weighted by Gasteiger charge is 2.25. The lowest BCUT2D eigenvalue weighted by atomic mass is 10.2. The van der Waals surface area contributed by atoms with Crippen LogP contribution in [-0.4, -0.2) is 12.2 Å². The molecule has 72 valence electrons. The van der Waals surface area contributed by atoms with Crippen LogP contribution < -0.4 is 4.74 Å². The molecule has 0 unspecified atom stereocenters. The van der Waals surface area contributed by atoms with Crippen LogP contribution in [0.5, 0.6) is 11.5 Å². The lowest BCUT2D eigenvalue weighted by molar-refractivity contribution is 0.306. The van der Waals surface area contributed by atoms with Crippen molar-refractivity contribution in [3.8, 4) is 11.5 Å². The molecule has 0 aliphatic heterocycles. The Morgan fingerprint density at radius 3 is 1.62 bits per heavy atom. The number of halogens is 4. The summed E-state index contributed by atoms with van der Waals surface area (Å²) in [4.78, 5) is 0. The van der Waals surface area contributed by atoms with E-state index < -0.39 is 34.8 Å². The summed E-state index contributed by atoms with van der Waals surface area (Å²) in [5.41, 5.74) is 0. The van der Waals surface area contributed by atoms with Gasteiger partial charge in [-0.15, -0.1) is 0 Å². The van der Waals surface area contributed by atoms with E-state index in [1.54, 1.807) is 0 Å². The van der Waals surface area contributed by atoms with Crippen LogP contribution in [0, 0.1) is 23.3 Å². The number of phenols is 1. The van der Waals surface area contributed by atoms with Gasteiger partial charge in [-0.1, -0.05) is 0 Å². The van der Waals surface area contributed by atoms with Crippen molar-refractivity contribution in [2.24, 2.45) is 0 Å². The lowest BCUT2D eigenvalue weighted by Crippen LogP contribution is -2.00. The second kappa shape index (κ2) is 3.12. The molecule has 1 rings (SSSR count). The molecule has 0 heterocycles. The zero-order chi connectivity index (χ0) is 10.2. The number of rotatable bonds is 1. The number of methoxy groups -OCH3 is 1. The monoisotopic (exact) mass is 196 g/mol. The summed E-state index contributed by atoms with van der Waals surface area (Å²) in [6.07, 6.45) is 0. The van der Waals surface area contributed by atoms with Crippen LogP contribution in [0.1, 0.15) is 0 Å². The molecule has 0 amide bonds. The van der Waals surface area contributed by atoms with Crippen molar-refractivity contribution in [2.45, 2.75) is 0 Å². The molecular formula is C7H4F4O2. The molecule has 0 bridgehead atoms. The van der Waals surface area contributed by atoms with Gasteiger partial charge >= 0.3 is 0 Å². The van der Waals surface area contributed by atoms with Crippen molar-refractivity contribution in [3.05, 3.63) is 23.3 Å². The van der Waals surface area contributed by atoms with Crippen LogP contribution in [-0.2, 0) is 0 Å². The van der Waals surface area contributed by atoms with Crippen LogP contribution in [0.2, 0.25) is 0 Å². The number of benzene rings is 1. The van der Waals surface area contributed by atoms with Gasteiger partial charge in [-0.25, -0.2) is 0 Å². The first kappa shape index (κ1) is 9.63. The van der Waals surface area contributed by atoms with Gasteiger partial charge in [0.2, 0.25) is 23.3 Å². The molecule has 0 aliphatic carbocycles. The van der Waals surface area contributed by atoms with E-state index in [1.165, 1.54) is 0 Å². The largest absolute Gasteiger partial charge is 0.503 e. The van der Waals surface area contributed by atoms with E-state index in [9.17, 15) is 17.6 Å². The third kappa shape index (κ3) is 1.28. The first-order valence-corrected chi connectivity index (χ1v) is 3.09. The minimum Gasteiger partial charge on any atom is -0.503 e. The lowest BCUT2D eigenvalue weighted by Gasteiger charge is -2.06. The summed E-state index contributed by atoms with van der Waals surface area (Å²) in [7, 11) is 0.845. The van der Waals surface area contributed by atoms with E-state index in [0.717, 1.165) is 7.11 Å². The van der Waals surface area contributed by atoms with E-state index in [2.05, 4.69) is 4.74 Å². The first-order chi connectivity index (χ1) is 6.00. The van der Waals surface area contributed by atoms with Gasteiger partial charge < -0.3 is 9.84 Å². The van der Waals surface area contributed by atoms with E-state index >= 15 is 0 Å². The molecule has 1 aromatic carbocycles. The summed E-state index contributed by atoms with van der Waals surface area (Å²) >= 11 is 0. The Morgan fingerprint density at radius 1 is 0.923 bits per heavy atom. The number of hydrogen-bond donors (Lipinski definition) is 1. The third-order valence-electron chi connectivity index (χ3n) is 1.40. The number of ether oxygens (including phenoxy) is 1. The Balaban J connectivity index is 3.56. The van der Waals surface area contributed by atoms with E-state index in [-0.39, 0.29) is 0 Å².